The fourth-order valence-corrected chi connectivity index (χ4v) is 1.79. The number of benzene rings is 2. The third-order valence-electron chi connectivity index (χ3n) is 2.65. The van der Waals surface area contributed by atoms with E-state index in [9.17, 15) is 0 Å². The summed E-state index contributed by atoms with van der Waals surface area (Å²) < 4.78 is 5.80. The maximum Gasteiger partial charge on any atom is 0.129 e. The first-order chi connectivity index (χ1) is 8.69. The van der Waals surface area contributed by atoms with Crippen LogP contribution in [0, 0.1) is 0 Å². The molecule has 0 atom stereocenters. The highest BCUT2D eigenvalue weighted by Gasteiger charge is 2.00. The van der Waals surface area contributed by atoms with Gasteiger partial charge < -0.3 is 9.64 Å². The van der Waals surface area contributed by atoms with Crippen LogP contribution in [0.2, 0.25) is 0 Å². The highest BCUT2D eigenvalue weighted by Crippen LogP contribution is 2.25. The van der Waals surface area contributed by atoms with Crippen molar-refractivity contribution >= 4 is 17.3 Å². The largest absolute Gasteiger partial charge is 0.457 e. The summed E-state index contributed by atoms with van der Waals surface area (Å²) in [5.74, 6) is 2.18. The van der Waals surface area contributed by atoms with E-state index in [1.807, 2.05) is 67.5 Å². The number of rotatable bonds is 4. The standard InChI is InChI=1S/C15H16ClNO/c1-17(2)13-4-3-5-15(10-13)18-14-8-6-12(11-16)7-9-14/h3-10H,11H2,1-2H3. The van der Waals surface area contributed by atoms with E-state index in [4.69, 9.17) is 16.3 Å². The van der Waals surface area contributed by atoms with Crippen LogP contribution in [0.25, 0.3) is 0 Å². The second-order valence-corrected chi connectivity index (χ2v) is 4.54. The number of hydrogen-bond donors (Lipinski definition) is 0. The minimum absolute atomic E-state index is 0.524. The van der Waals surface area contributed by atoms with Gasteiger partial charge in [-0.1, -0.05) is 18.2 Å². The molecular formula is C15H16ClNO. The first-order valence-electron chi connectivity index (χ1n) is 5.79. The molecule has 0 heterocycles. The van der Waals surface area contributed by atoms with Crippen molar-refractivity contribution in [2.24, 2.45) is 0 Å². The molecule has 2 aromatic carbocycles. The molecule has 2 nitrogen and oxygen atoms in total. The van der Waals surface area contributed by atoms with Gasteiger partial charge in [0.2, 0.25) is 0 Å². The summed E-state index contributed by atoms with van der Waals surface area (Å²) in [6.45, 7) is 0. The van der Waals surface area contributed by atoms with E-state index in [1.54, 1.807) is 0 Å². The van der Waals surface area contributed by atoms with Gasteiger partial charge in [-0.15, -0.1) is 11.6 Å². The lowest BCUT2D eigenvalue weighted by Crippen LogP contribution is -2.08. The number of ether oxygens (including phenoxy) is 1. The van der Waals surface area contributed by atoms with E-state index in [0.29, 0.717) is 5.88 Å². The zero-order valence-electron chi connectivity index (χ0n) is 10.6. The van der Waals surface area contributed by atoms with Crippen molar-refractivity contribution in [3.05, 3.63) is 54.1 Å². The second kappa shape index (κ2) is 5.78. The summed E-state index contributed by atoms with van der Waals surface area (Å²) in [6.07, 6.45) is 0. The Morgan fingerprint density at radius 2 is 1.72 bits per heavy atom. The molecule has 0 fully saturated rings. The van der Waals surface area contributed by atoms with Crippen LogP contribution in [0.1, 0.15) is 5.56 Å². The predicted molar refractivity (Wildman–Crippen MR) is 76.8 cm³/mol. The Hall–Kier alpha value is -1.67. The first kappa shape index (κ1) is 12.8. The van der Waals surface area contributed by atoms with Crippen LogP contribution in [0.3, 0.4) is 0 Å². The number of nitrogens with zero attached hydrogens (tertiary/aromatic N) is 1. The molecular weight excluding hydrogens is 246 g/mol. The highest BCUT2D eigenvalue weighted by atomic mass is 35.5. The van der Waals surface area contributed by atoms with Gasteiger partial charge in [-0.3, -0.25) is 0 Å². The molecule has 94 valence electrons. The topological polar surface area (TPSA) is 12.5 Å². The maximum atomic E-state index is 5.80. The third kappa shape index (κ3) is 3.17. The maximum absolute atomic E-state index is 5.80. The van der Waals surface area contributed by atoms with E-state index in [-0.39, 0.29) is 0 Å². The summed E-state index contributed by atoms with van der Waals surface area (Å²) in [4.78, 5) is 2.05. The third-order valence-corrected chi connectivity index (χ3v) is 2.96. The van der Waals surface area contributed by atoms with Crippen LogP contribution in [0.5, 0.6) is 11.5 Å². The summed E-state index contributed by atoms with van der Waals surface area (Å²) in [5.41, 5.74) is 2.20. The molecule has 0 amide bonds. The van der Waals surface area contributed by atoms with Gasteiger partial charge in [0.05, 0.1) is 0 Å². The van der Waals surface area contributed by atoms with Gasteiger partial charge in [0.25, 0.3) is 0 Å². The van der Waals surface area contributed by atoms with Crippen LogP contribution >= 0.6 is 11.6 Å². The van der Waals surface area contributed by atoms with Crippen LogP contribution < -0.4 is 9.64 Å². The molecule has 0 saturated carbocycles. The summed E-state index contributed by atoms with van der Waals surface area (Å²) in [6, 6.07) is 15.8. The molecule has 0 aromatic heterocycles. The molecule has 0 unspecified atom stereocenters. The summed E-state index contributed by atoms with van der Waals surface area (Å²) in [5, 5.41) is 0. The van der Waals surface area contributed by atoms with E-state index < -0.39 is 0 Å². The van der Waals surface area contributed by atoms with E-state index >= 15 is 0 Å². The fourth-order valence-electron chi connectivity index (χ4n) is 1.61. The Kier molecular flexibility index (Phi) is 4.11. The minimum atomic E-state index is 0.524. The Bertz CT molecular complexity index is 508. The lowest BCUT2D eigenvalue weighted by atomic mass is 10.2. The van der Waals surface area contributed by atoms with Crippen molar-refractivity contribution in [1.29, 1.82) is 0 Å². The van der Waals surface area contributed by atoms with Gasteiger partial charge >= 0.3 is 0 Å². The van der Waals surface area contributed by atoms with E-state index in [1.165, 1.54) is 0 Å². The molecule has 0 saturated heterocycles. The van der Waals surface area contributed by atoms with E-state index in [0.717, 1.165) is 22.7 Å². The molecule has 0 aliphatic carbocycles. The predicted octanol–water partition coefficient (Wildman–Crippen LogP) is 4.28. The van der Waals surface area contributed by atoms with Gasteiger partial charge in [-0.05, 0) is 29.8 Å². The quantitative estimate of drug-likeness (QED) is 0.762. The number of halogens is 1. The Morgan fingerprint density at radius 1 is 1.00 bits per heavy atom. The van der Waals surface area contributed by atoms with Crippen molar-refractivity contribution in [3.63, 3.8) is 0 Å². The number of hydrogen-bond acceptors (Lipinski definition) is 2. The molecule has 2 rings (SSSR count). The van der Waals surface area contributed by atoms with Crippen LogP contribution in [0.15, 0.2) is 48.5 Å². The second-order valence-electron chi connectivity index (χ2n) is 4.27. The molecule has 0 bridgehead atoms. The minimum Gasteiger partial charge on any atom is -0.457 e. The van der Waals surface area contributed by atoms with Crippen LogP contribution in [-0.2, 0) is 5.88 Å². The van der Waals surface area contributed by atoms with Gasteiger partial charge in [0.1, 0.15) is 11.5 Å². The molecule has 18 heavy (non-hydrogen) atoms. The number of anilines is 1. The smallest absolute Gasteiger partial charge is 0.129 e. The molecule has 3 heteroatoms. The fraction of sp³-hybridized carbons (Fsp3) is 0.200. The van der Waals surface area contributed by atoms with Crippen molar-refractivity contribution in [2.45, 2.75) is 5.88 Å². The van der Waals surface area contributed by atoms with Gasteiger partial charge in [0, 0.05) is 31.7 Å². The molecule has 0 aliphatic heterocycles. The summed E-state index contributed by atoms with van der Waals surface area (Å²) in [7, 11) is 4.02. The van der Waals surface area contributed by atoms with E-state index in [2.05, 4.69) is 0 Å². The zero-order valence-corrected chi connectivity index (χ0v) is 11.3. The molecule has 0 N–H and O–H groups in total. The van der Waals surface area contributed by atoms with Crippen molar-refractivity contribution < 1.29 is 4.74 Å². The Morgan fingerprint density at radius 3 is 2.33 bits per heavy atom. The lowest BCUT2D eigenvalue weighted by molar-refractivity contribution is 0.482. The Labute approximate surface area is 113 Å². The summed E-state index contributed by atoms with van der Waals surface area (Å²) >= 11 is 5.75. The first-order valence-corrected chi connectivity index (χ1v) is 6.32. The lowest BCUT2D eigenvalue weighted by Gasteiger charge is -2.14. The molecule has 0 aliphatic rings. The van der Waals surface area contributed by atoms with Crippen molar-refractivity contribution in [1.82, 2.24) is 0 Å². The SMILES string of the molecule is CN(C)c1cccc(Oc2ccc(CCl)cc2)c1. The molecule has 0 radical (unpaired) electrons. The monoisotopic (exact) mass is 261 g/mol. The van der Waals surface area contributed by atoms with Crippen molar-refractivity contribution in [3.8, 4) is 11.5 Å². The average molecular weight is 262 g/mol. The van der Waals surface area contributed by atoms with Gasteiger partial charge in [-0.2, -0.15) is 0 Å². The molecule has 2 aromatic rings. The zero-order chi connectivity index (χ0) is 13.0. The van der Waals surface area contributed by atoms with Gasteiger partial charge in [0.15, 0.2) is 0 Å². The average Bonchev–Trinajstić information content (AvgIpc) is 2.40. The van der Waals surface area contributed by atoms with Gasteiger partial charge in [-0.25, -0.2) is 0 Å². The highest BCUT2D eigenvalue weighted by molar-refractivity contribution is 6.17. The normalized spacial score (nSPS) is 10.2. The van der Waals surface area contributed by atoms with Crippen molar-refractivity contribution in [2.75, 3.05) is 19.0 Å². The van der Waals surface area contributed by atoms with Crippen LogP contribution in [-0.4, -0.2) is 14.1 Å². The van der Waals surface area contributed by atoms with Crippen LogP contribution in [0.4, 0.5) is 5.69 Å². The molecule has 0 spiro atoms. The Balaban J connectivity index is 2.15. The number of alkyl halides is 1.